The molecule has 1 unspecified atom stereocenters. The summed E-state index contributed by atoms with van der Waals surface area (Å²) in [6.45, 7) is 2.38. The lowest BCUT2D eigenvalue weighted by Gasteiger charge is -2.41. The van der Waals surface area contributed by atoms with Crippen LogP contribution in [-0.4, -0.2) is 54.2 Å². The Bertz CT molecular complexity index is 307. The molecule has 0 aromatic heterocycles. The maximum absolute atomic E-state index is 11.0. The van der Waals surface area contributed by atoms with Gasteiger partial charge in [0.25, 0.3) is 0 Å². The van der Waals surface area contributed by atoms with Gasteiger partial charge in [0.1, 0.15) is 6.10 Å². The normalized spacial score (nSPS) is 35.9. The highest BCUT2D eigenvalue weighted by molar-refractivity contribution is 5.67. The predicted molar refractivity (Wildman–Crippen MR) is 59.0 cm³/mol. The van der Waals surface area contributed by atoms with Gasteiger partial charge in [-0.05, 0) is 0 Å². The Kier molecular flexibility index (Phi) is 5.03. The zero-order valence-electron chi connectivity index (χ0n) is 10.2. The minimum absolute atomic E-state index is 0.0144. The molecular formula is C10H18N2O6. The van der Waals surface area contributed by atoms with Crippen molar-refractivity contribution in [3.63, 3.8) is 0 Å². The van der Waals surface area contributed by atoms with E-state index in [4.69, 9.17) is 25.7 Å². The van der Waals surface area contributed by atoms with Gasteiger partial charge in [-0.25, -0.2) is 0 Å². The summed E-state index contributed by atoms with van der Waals surface area (Å²) in [5.74, 6) is -1.18. The molecule has 0 amide bonds. The maximum Gasteiger partial charge on any atom is 0.303 e. The van der Waals surface area contributed by atoms with Gasteiger partial charge in [-0.1, -0.05) is 0 Å². The van der Waals surface area contributed by atoms with Crippen LogP contribution < -0.4 is 11.5 Å². The van der Waals surface area contributed by atoms with Crippen LogP contribution >= 0.6 is 0 Å². The predicted octanol–water partition coefficient (Wildman–Crippen LogP) is -2.15. The van der Waals surface area contributed by atoms with Crippen molar-refractivity contribution >= 4 is 11.9 Å². The van der Waals surface area contributed by atoms with Crippen molar-refractivity contribution in [3.05, 3.63) is 0 Å². The summed E-state index contributed by atoms with van der Waals surface area (Å²) in [6, 6.07) is -1.01. The van der Waals surface area contributed by atoms with Crippen molar-refractivity contribution in [3.8, 4) is 0 Å². The SMILES string of the molecule is CC(=O)OC1[C@@H](N)[C@@H](O)O[C@@H](CN)[C@H]1OC(C)=O. The summed E-state index contributed by atoms with van der Waals surface area (Å²) >= 11 is 0. The first-order valence-electron chi connectivity index (χ1n) is 5.50. The van der Waals surface area contributed by atoms with E-state index in [-0.39, 0.29) is 6.54 Å². The monoisotopic (exact) mass is 262 g/mol. The van der Waals surface area contributed by atoms with E-state index in [1.54, 1.807) is 0 Å². The molecule has 0 aromatic rings. The number of aliphatic hydroxyl groups excluding tert-OH is 1. The van der Waals surface area contributed by atoms with Crippen LogP contribution in [0.1, 0.15) is 13.8 Å². The number of carbonyl (C=O) groups is 2. The number of carbonyl (C=O) groups excluding carboxylic acids is 2. The molecule has 5 N–H and O–H groups in total. The molecule has 0 bridgehead atoms. The Morgan fingerprint density at radius 1 is 1.22 bits per heavy atom. The fourth-order valence-corrected chi connectivity index (χ4v) is 1.80. The third-order valence-electron chi connectivity index (χ3n) is 2.55. The smallest absolute Gasteiger partial charge is 0.303 e. The Morgan fingerprint density at radius 3 is 2.17 bits per heavy atom. The van der Waals surface area contributed by atoms with Gasteiger partial charge in [0.15, 0.2) is 18.5 Å². The highest BCUT2D eigenvalue weighted by atomic mass is 16.7. The summed E-state index contributed by atoms with van der Waals surface area (Å²) in [4.78, 5) is 22.0. The third kappa shape index (κ3) is 3.39. The van der Waals surface area contributed by atoms with Crippen LogP contribution in [-0.2, 0) is 23.8 Å². The zero-order valence-corrected chi connectivity index (χ0v) is 10.2. The number of ether oxygens (including phenoxy) is 3. The first-order chi connectivity index (χ1) is 8.36. The number of hydrogen-bond acceptors (Lipinski definition) is 8. The molecule has 0 aliphatic carbocycles. The zero-order chi connectivity index (χ0) is 13.9. The Labute approximate surface area is 104 Å². The van der Waals surface area contributed by atoms with E-state index in [2.05, 4.69) is 0 Å². The molecule has 104 valence electrons. The quantitative estimate of drug-likeness (QED) is 0.490. The summed E-state index contributed by atoms with van der Waals surface area (Å²) in [7, 11) is 0. The van der Waals surface area contributed by atoms with Crippen molar-refractivity contribution < 1.29 is 28.9 Å². The summed E-state index contributed by atoms with van der Waals surface area (Å²) in [5.41, 5.74) is 11.1. The number of aliphatic hydroxyl groups is 1. The van der Waals surface area contributed by atoms with E-state index in [1.807, 2.05) is 0 Å². The fraction of sp³-hybridized carbons (Fsp3) is 0.800. The molecule has 8 heteroatoms. The third-order valence-corrected chi connectivity index (χ3v) is 2.55. The van der Waals surface area contributed by atoms with Gasteiger partial charge in [-0.15, -0.1) is 0 Å². The standard InChI is InChI=1S/C10H18N2O6/c1-4(13)16-8-6(3-11)18-10(15)7(12)9(8)17-5(2)14/h6-10,15H,3,11-12H2,1-2H3/t6-,7+,8+,9?,10-/m0/s1. The van der Waals surface area contributed by atoms with E-state index in [9.17, 15) is 14.7 Å². The highest BCUT2D eigenvalue weighted by Crippen LogP contribution is 2.23. The van der Waals surface area contributed by atoms with Crippen LogP contribution in [0.4, 0.5) is 0 Å². The molecule has 1 rings (SSSR count). The maximum atomic E-state index is 11.0. The van der Waals surface area contributed by atoms with Crippen molar-refractivity contribution in [2.75, 3.05) is 6.54 Å². The van der Waals surface area contributed by atoms with E-state index in [1.165, 1.54) is 13.8 Å². The van der Waals surface area contributed by atoms with Crippen LogP contribution in [0, 0.1) is 0 Å². The van der Waals surface area contributed by atoms with Gasteiger partial charge < -0.3 is 30.8 Å². The summed E-state index contributed by atoms with van der Waals surface area (Å²) in [5, 5.41) is 9.58. The minimum atomic E-state index is -1.34. The van der Waals surface area contributed by atoms with E-state index in [0.717, 1.165) is 0 Å². The lowest BCUT2D eigenvalue weighted by molar-refractivity contribution is -0.251. The molecule has 0 saturated carbocycles. The lowest BCUT2D eigenvalue weighted by Crippen LogP contribution is -2.64. The van der Waals surface area contributed by atoms with Gasteiger partial charge in [0.05, 0.1) is 6.04 Å². The summed E-state index contributed by atoms with van der Waals surface area (Å²) < 4.78 is 15.1. The lowest BCUT2D eigenvalue weighted by atomic mass is 9.97. The Morgan fingerprint density at radius 2 is 1.72 bits per heavy atom. The first-order valence-corrected chi connectivity index (χ1v) is 5.50. The number of esters is 2. The number of hydrogen-bond donors (Lipinski definition) is 3. The summed E-state index contributed by atoms with van der Waals surface area (Å²) in [6.07, 6.45) is -4.05. The molecule has 18 heavy (non-hydrogen) atoms. The van der Waals surface area contributed by atoms with Crippen LogP contribution in [0.2, 0.25) is 0 Å². The Hall–Kier alpha value is -1.22. The second kappa shape index (κ2) is 6.10. The molecule has 1 heterocycles. The van der Waals surface area contributed by atoms with E-state index < -0.39 is 42.6 Å². The van der Waals surface area contributed by atoms with Crippen LogP contribution in [0.15, 0.2) is 0 Å². The fourth-order valence-electron chi connectivity index (χ4n) is 1.80. The largest absolute Gasteiger partial charge is 0.457 e. The van der Waals surface area contributed by atoms with Gasteiger partial charge in [-0.3, -0.25) is 9.59 Å². The van der Waals surface area contributed by atoms with Crippen molar-refractivity contribution in [1.82, 2.24) is 0 Å². The molecule has 5 atom stereocenters. The minimum Gasteiger partial charge on any atom is -0.457 e. The number of rotatable bonds is 3. The molecule has 0 spiro atoms. The van der Waals surface area contributed by atoms with Crippen LogP contribution in [0.5, 0.6) is 0 Å². The average molecular weight is 262 g/mol. The highest BCUT2D eigenvalue weighted by Gasteiger charge is 2.47. The van der Waals surface area contributed by atoms with Gasteiger partial charge >= 0.3 is 11.9 Å². The van der Waals surface area contributed by atoms with Crippen molar-refractivity contribution in [2.24, 2.45) is 11.5 Å². The average Bonchev–Trinajstić information content (AvgIpc) is 2.27. The Balaban J connectivity index is 2.92. The second-order valence-electron chi connectivity index (χ2n) is 4.03. The van der Waals surface area contributed by atoms with Crippen LogP contribution in [0.3, 0.4) is 0 Å². The molecule has 0 radical (unpaired) electrons. The molecule has 1 aliphatic rings. The molecule has 8 nitrogen and oxygen atoms in total. The second-order valence-corrected chi connectivity index (χ2v) is 4.03. The van der Waals surface area contributed by atoms with Crippen molar-refractivity contribution in [1.29, 1.82) is 0 Å². The van der Waals surface area contributed by atoms with Gasteiger partial charge in [-0.2, -0.15) is 0 Å². The molecular weight excluding hydrogens is 244 g/mol. The van der Waals surface area contributed by atoms with Gasteiger partial charge in [0.2, 0.25) is 0 Å². The topological polar surface area (TPSA) is 134 Å². The molecule has 1 aliphatic heterocycles. The number of nitrogens with two attached hydrogens (primary N) is 2. The van der Waals surface area contributed by atoms with Crippen LogP contribution in [0.25, 0.3) is 0 Å². The molecule has 1 fully saturated rings. The first kappa shape index (κ1) is 14.8. The van der Waals surface area contributed by atoms with E-state index in [0.29, 0.717) is 0 Å². The van der Waals surface area contributed by atoms with Crippen molar-refractivity contribution in [2.45, 2.75) is 44.5 Å². The molecule has 0 aromatic carbocycles. The van der Waals surface area contributed by atoms with Gasteiger partial charge in [0, 0.05) is 20.4 Å². The molecule has 1 saturated heterocycles. The van der Waals surface area contributed by atoms with E-state index >= 15 is 0 Å².